The number of nitrogens with one attached hydrogen (secondary N) is 2. The molecule has 152 valence electrons. The van der Waals surface area contributed by atoms with Crippen LogP contribution in [-0.4, -0.2) is 51.7 Å². The predicted molar refractivity (Wildman–Crippen MR) is 101 cm³/mol. The third-order valence-electron chi connectivity index (χ3n) is 4.38. The highest BCUT2D eigenvalue weighted by Gasteiger charge is 2.29. The number of aromatic nitrogens is 2. The van der Waals surface area contributed by atoms with Gasteiger partial charge < -0.3 is 20.5 Å². The molecule has 0 aliphatic carbocycles. The number of carbonyl (C=O) groups is 2. The largest absolute Gasteiger partial charge is 0.394 e. The molecule has 0 unspecified atom stereocenters. The smallest absolute Gasteiger partial charge is 0.272 e. The van der Waals surface area contributed by atoms with E-state index in [1.165, 1.54) is 24.7 Å². The Balaban J connectivity index is 1.53. The first kappa shape index (κ1) is 20.6. The Bertz CT molecular complexity index is 878. The van der Waals surface area contributed by atoms with Gasteiger partial charge in [-0.15, -0.1) is 0 Å². The van der Waals surface area contributed by atoms with Gasteiger partial charge in [0.25, 0.3) is 5.91 Å². The second-order valence-electron chi connectivity index (χ2n) is 6.44. The predicted octanol–water partition coefficient (Wildman–Crippen LogP) is 0.737. The molecule has 0 bridgehead atoms. The van der Waals surface area contributed by atoms with Crippen LogP contribution in [0.3, 0.4) is 0 Å². The van der Waals surface area contributed by atoms with Crippen molar-refractivity contribution in [1.82, 2.24) is 20.6 Å². The Morgan fingerprint density at radius 3 is 2.76 bits per heavy atom. The number of halogens is 1. The molecule has 1 aliphatic rings. The van der Waals surface area contributed by atoms with E-state index < -0.39 is 24.2 Å². The van der Waals surface area contributed by atoms with Crippen molar-refractivity contribution in [2.75, 3.05) is 6.61 Å². The molecule has 2 amide bonds. The molecule has 3 N–H and O–H groups in total. The Kier molecular flexibility index (Phi) is 6.99. The van der Waals surface area contributed by atoms with Gasteiger partial charge in [0.2, 0.25) is 5.91 Å². The van der Waals surface area contributed by atoms with E-state index in [4.69, 9.17) is 4.74 Å². The minimum Gasteiger partial charge on any atom is -0.394 e. The summed E-state index contributed by atoms with van der Waals surface area (Å²) in [5, 5.41) is 15.0. The molecule has 0 saturated heterocycles. The molecular weight excluding hydrogens is 379 g/mol. The number of carbonyl (C=O) groups excluding carboxylic acids is 2. The number of aliphatic hydroxyl groups is 1. The minimum absolute atomic E-state index is 0.00623. The highest BCUT2D eigenvalue weighted by Crippen LogP contribution is 2.16. The molecule has 3 atom stereocenters. The summed E-state index contributed by atoms with van der Waals surface area (Å²) in [6, 6.07) is 5.62. The Morgan fingerprint density at radius 2 is 2.03 bits per heavy atom. The van der Waals surface area contributed by atoms with Crippen LogP contribution in [0.25, 0.3) is 0 Å². The molecule has 1 aromatic carbocycles. The maximum atomic E-state index is 13.6. The van der Waals surface area contributed by atoms with Gasteiger partial charge in [-0.2, -0.15) is 0 Å². The minimum atomic E-state index is -0.718. The van der Waals surface area contributed by atoms with E-state index in [1.807, 2.05) is 0 Å². The van der Waals surface area contributed by atoms with Crippen LogP contribution in [0.5, 0.6) is 0 Å². The van der Waals surface area contributed by atoms with E-state index >= 15 is 0 Å². The van der Waals surface area contributed by atoms with Gasteiger partial charge in [-0.05, 0) is 6.07 Å². The molecule has 0 radical (unpaired) electrons. The average molecular weight is 400 g/mol. The fraction of sp³-hybridized carbons (Fsp3) is 0.300. The van der Waals surface area contributed by atoms with Crippen molar-refractivity contribution >= 4 is 11.8 Å². The molecule has 1 aliphatic heterocycles. The molecule has 9 heteroatoms. The lowest BCUT2D eigenvalue weighted by atomic mass is 10.0. The van der Waals surface area contributed by atoms with Gasteiger partial charge in [0.15, 0.2) is 0 Å². The Hall–Kier alpha value is -3.17. The number of hydrogen-bond donors (Lipinski definition) is 3. The summed E-state index contributed by atoms with van der Waals surface area (Å²) in [6.07, 6.45) is 6.23. The van der Waals surface area contributed by atoms with Gasteiger partial charge in [-0.1, -0.05) is 30.4 Å². The van der Waals surface area contributed by atoms with Crippen molar-refractivity contribution in [3.05, 3.63) is 72.1 Å². The Labute approximate surface area is 166 Å². The second-order valence-corrected chi connectivity index (χ2v) is 6.44. The van der Waals surface area contributed by atoms with Crippen LogP contribution in [-0.2, 0) is 16.1 Å². The van der Waals surface area contributed by atoms with Crippen LogP contribution < -0.4 is 10.6 Å². The number of rotatable bonds is 7. The number of benzene rings is 1. The zero-order chi connectivity index (χ0) is 20.6. The molecule has 0 spiro atoms. The average Bonchev–Trinajstić information content (AvgIpc) is 2.74. The summed E-state index contributed by atoms with van der Waals surface area (Å²) in [7, 11) is 0. The van der Waals surface area contributed by atoms with Crippen LogP contribution in [0.2, 0.25) is 0 Å². The fourth-order valence-electron chi connectivity index (χ4n) is 2.87. The summed E-state index contributed by atoms with van der Waals surface area (Å²) in [4.78, 5) is 32.1. The molecule has 2 aromatic rings. The number of ether oxygens (including phenoxy) is 1. The summed E-state index contributed by atoms with van der Waals surface area (Å²) in [5.41, 5.74) is 0.535. The highest BCUT2D eigenvalue weighted by molar-refractivity contribution is 5.92. The second kappa shape index (κ2) is 9.85. The van der Waals surface area contributed by atoms with Crippen molar-refractivity contribution < 1.29 is 23.8 Å². The first-order valence-corrected chi connectivity index (χ1v) is 9.08. The molecule has 3 rings (SSSR count). The van der Waals surface area contributed by atoms with E-state index in [2.05, 4.69) is 20.6 Å². The zero-order valence-electron chi connectivity index (χ0n) is 15.5. The summed E-state index contributed by atoms with van der Waals surface area (Å²) >= 11 is 0. The molecular formula is C20H21FN4O4. The molecule has 8 nitrogen and oxygen atoms in total. The maximum Gasteiger partial charge on any atom is 0.272 e. The highest BCUT2D eigenvalue weighted by atomic mass is 19.1. The number of nitrogens with zero attached hydrogens (tertiary/aromatic N) is 2. The van der Waals surface area contributed by atoms with E-state index in [-0.39, 0.29) is 37.0 Å². The molecule has 1 aromatic heterocycles. The first-order chi connectivity index (χ1) is 14.1. The monoisotopic (exact) mass is 400 g/mol. The standard InChI is InChI=1S/C20H21FN4O4/c21-15-4-2-1-3-13(15)10-24-19(27)9-14-5-6-16(18(12-26)29-14)25-20(28)17-11-22-7-8-23-17/h1-8,11,14,16,18,26H,9-10,12H2,(H,24,27)(H,25,28)/t14-,16-,18-/m0/s1. The van der Waals surface area contributed by atoms with Crippen LogP contribution >= 0.6 is 0 Å². The van der Waals surface area contributed by atoms with Gasteiger partial charge in [-0.3, -0.25) is 14.6 Å². The molecule has 0 saturated carbocycles. The van der Waals surface area contributed by atoms with Crippen molar-refractivity contribution in [2.45, 2.75) is 31.2 Å². The van der Waals surface area contributed by atoms with Gasteiger partial charge in [0, 0.05) is 24.5 Å². The van der Waals surface area contributed by atoms with Crippen molar-refractivity contribution in [3.63, 3.8) is 0 Å². The quantitative estimate of drug-likeness (QED) is 0.591. The summed E-state index contributed by atoms with van der Waals surface area (Å²) in [6.45, 7) is -0.273. The normalized spacial score (nSPS) is 20.8. The van der Waals surface area contributed by atoms with E-state index in [1.54, 1.807) is 30.4 Å². The van der Waals surface area contributed by atoms with Crippen molar-refractivity contribution in [3.8, 4) is 0 Å². The topological polar surface area (TPSA) is 113 Å². The Morgan fingerprint density at radius 1 is 1.21 bits per heavy atom. The summed E-state index contributed by atoms with van der Waals surface area (Å²) < 4.78 is 19.3. The molecule has 0 fully saturated rings. The van der Waals surface area contributed by atoms with Gasteiger partial charge in [-0.25, -0.2) is 9.37 Å². The molecule has 2 heterocycles. The van der Waals surface area contributed by atoms with E-state index in [0.29, 0.717) is 5.56 Å². The van der Waals surface area contributed by atoms with Gasteiger partial charge in [0.05, 0.1) is 31.4 Å². The molecule has 29 heavy (non-hydrogen) atoms. The lowest BCUT2D eigenvalue weighted by Gasteiger charge is -2.31. The third-order valence-corrected chi connectivity index (χ3v) is 4.38. The van der Waals surface area contributed by atoms with Crippen LogP contribution in [0.15, 0.2) is 55.0 Å². The SMILES string of the molecule is O=C(C[C@@H]1C=C[C@H](NC(=O)c2cnccn2)[C@H](CO)O1)NCc1ccccc1F. The van der Waals surface area contributed by atoms with Gasteiger partial charge >= 0.3 is 0 Å². The third kappa shape index (κ3) is 5.66. The van der Waals surface area contributed by atoms with Crippen LogP contribution in [0.1, 0.15) is 22.5 Å². The van der Waals surface area contributed by atoms with Crippen LogP contribution in [0.4, 0.5) is 4.39 Å². The lowest BCUT2D eigenvalue weighted by molar-refractivity contribution is -0.125. The first-order valence-electron chi connectivity index (χ1n) is 9.08. The summed E-state index contributed by atoms with van der Waals surface area (Å²) in [5.74, 6) is -1.15. The van der Waals surface area contributed by atoms with E-state index in [0.717, 1.165) is 0 Å². The number of amides is 2. The lowest BCUT2D eigenvalue weighted by Crippen LogP contribution is -2.49. The zero-order valence-corrected chi connectivity index (χ0v) is 15.5. The fourth-order valence-corrected chi connectivity index (χ4v) is 2.87. The van der Waals surface area contributed by atoms with E-state index in [9.17, 15) is 19.1 Å². The van der Waals surface area contributed by atoms with Crippen LogP contribution in [0, 0.1) is 5.82 Å². The van der Waals surface area contributed by atoms with Crippen molar-refractivity contribution in [2.24, 2.45) is 0 Å². The van der Waals surface area contributed by atoms with Gasteiger partial charge in [0.1, 0.15) is 17.6 Å². The number of hydrogen-bond acceptors (Lipinski definition) is 6. The maximum absolute atomic E-state index is 13.6. The van der Waals surface area contributed by atoms with Crippen molar-refractivity contribution in [1.29, 1.82) is 0 Å². The number of aliphatic hydroxyl groups excluding tert-OH is 1.